The minimum atomic E-state index is -0.117. The summed E-state index contributed by atoms with van der Waals surface area (Å²) in [6.07, 6.45) is 6.88. The third kappa shape index (κ3) is 6.76. The number of nitrogens with zero attached hydrogens (tertiary/aromatic N) is 1. The zero-order valence-corrected chi connectivity index (χ0v) is 37.4. The standard InChI is InChI=1S/C63H47NS/c1-63(2)58-23-13-11-21-54(58)55-38-37-50(41-59(55)63)64(48-33-29-45(30-34-48)52-20-10-9-19-51(52)44-17-7-4-8-18-44)49-35-31-46(32-36-49)53-39-40-57-56-22-12-14-24-60(56)65-62(57)61(53)47-27-25-43(26-28-47)42-15-5-3-6-16-42/h3-13,15-23,25-41H,14,24H2,1-2H3. The average Bonchev–Trinajstić information content (AvgIpc) is 3.86. The van der Waals surface area contributed by atoms with Gasteiger partial charge in [0.2, 0.25) is 0 Å². The summed E-state index contributed by atoms with van der Waals surface area (Å²) in [6.45, 7) is 4.73. The van der Waals surface area contributed by atoms with E-state index in [9.17, 15) is 0 Å². The molecule has 0 aliphatic heterocycles. The van der Waals surface area contributed by atoms with E-state index in [1.807, 2.05) is 11.3 Å². The molecule has 0 saturated heterocycles. The van der Waals surface area contributed by atoms with Crippen LogP contribution in [0.1, 0.15) is 41.8 Å². The van der Waals surface area contributed by atoms with Crippen LogP contribution in [0.25, 0.3) is 82.9 Å². The molecule has 0 bridgehead atoms. The number of allylic oxidation sites excluding steroid dienone is 1. The molecule has 10 aromatic rings. The fourth-order valence-electron chi connectivity index (χ4n) is 10.5. The number of benzene rings is 9. The van der Waals surface area contributed by atoms with Crippen molar-refractivity contribution in [2.24, 2.45) is 0 Å². The van der Waals surface area contributed by atoms with E-state index in [2.05, 4.69) is 243 Å². The van der Waals surface area contributed by atoms with Gasteiger partial charge in [0, 0.05) is 43.0 Å². The number of hydrogen-bond acceptors (Lipinski definition) is 2. The van der Waals surface area contributed by atoms with Crippen molar-refractivity contribution in [3.63, 3.8) is 0 Å². The molecule has 0 radical (unpaired) electrons. The van der Waals surface area contributed by atoms with Gasteiger partial charge in [-0.3, -0.25) is 0 Å². The minimum absolute atomic E-state index is 0.117. The highest BCUT2D eigenvalue weighted by atomic mass is 32.1. The first-order valence-corrected chi connectivity index (χ1v) is 23.6. The van der Waals surface area contributed by atoms with Crippen LogP contribution >= 0.6 is 11.3 Å². The second-order valence-electron chi connectivity index (χ2n) is 17.9. The maximum Gasteiger partial charge on any atom is 0.0465 e. The van der Waals surface area contributed by atoms with Gasteiger partial charge in [-0.15, -0.1) is 11.3 Å². The second-order valence-corrected chi connectivity index (χ2v) is 19.0. The topological polar surface area (TPSA) is 3.24 Å². The Balaban J connectivity index is 0.976. The highest BCUT2D eigenvalue weighted by Gasteiger charge is 2.35. The average molecular weight is 850 g/mol. The number of fused-ring (bicyclic) bond motifs is 6. The van der Waals surface area contributed by atoms with Crippen molar-refractivity contribution >= 4 is 44.6 Å². The van der Waals surface area contributed by atoms with Crippen molar-refractivity contribution in [3.8, 4) is 66.8 Å². The molecule has 2 aliphatic carbocycles. The van der Waals surface area contributed by atoms with Gasteiger partial charge >= 0.3 is 0 Å². The van der Waals surface area contributed by atoms with E-state index in [4.69, 9.17) is 0 Å². The maximum absolute atomic E-state index is 2.43. The van der Waals surface area contributed by atoms with Gasteiger partial charge < -0.3 is 4.90 Å². The van der Waals surface area contributed by atoms with Crippen LogP contribution in [0.2, 0.25) is 0 Å². The molecule has 1 heterocycles. The molecule has 2 aliphatic rings. The van der Waals surface area contributed by atoms with E-state index in [1.165, 1.54) is 98.4 Å². The lowest BCUT2D eigenvalue weighted by Crippen LogP contribution is -2.16. The SMILES string of the molecule is CC1(C)c2ccccc2-c2ccc(N(c3ccc(-c4ccccc4-c4ccccc4)cc3)c3ccc(-c4ccc5c6c(sc5c4-c4ccc(-c5ccccc5)cc4)CCC=C6)cc3)cc21. The molecule has 1 aromatic heterocycles. The van der Waals surface area contributed by atoms with Crippen LogP contribution in [0.15, 0.2) is 218 Å². The Hall–Kier alpha value is -7.52. The molecule has 0 unspecified atom stereocenters. The summed E-state index contributed by atoms with van der Waals surface area (Å²) in [5.41, 5.74) is 22.4. The molecule has 2 heteroatoms. The van der Waals surface area contributed by atoms with Gasteiger partial charge in [-0.2, -0.15) is 0 Å². The predicted molar refractivity (Wildman–Crippen MR) is 279 cm³/mol. The minimum Gasteiger partial charge on any atom is -0.310 e. The molecule has 65 heavy (non-hydrogen) atoms. The first-order valence-electron chi connectivity index (χ1n) is 22.8. The van der Waals surface area contributed by atoms with Gasteiger partial charge in [-0.05, 0) is 127 Å². The van der Waals surface area contributed by atoms with Crippen molar-refractivity contribution in [2.75, 3.05) is 4.90 Å². The Morgan fingerprint density at radius 3 is 1.58 bits per heavy atom. The summed E-state index contributed by atoms with van der Waals surface area (Å²) in [5.74, 6) is 0. The van der Waals surface area contributed by atoms with Crippen LogP contribution < -0.4 is 4.90 Å². The first kappa shape index (κ1) is 39.1. The van der Waals surface area contributed by atoms with Gasteiger partial charge in [-0.1, -0.05) is 202 Å². The third-order valence-corrected chi connectivity index (χ3v) is 15.1. The molecule has 0 saturated carbocycles. The van der Waals surface area contributed by atoms with Crippen LogP contribution in [0.4, 0.5) is 17.1 Å². The molecule has 0 fully saturated rings. The molecular weight excluding hydrogens is 803 g/mol. The summed E-state index contributed by atoms with van der Waals surface area (Å²) >= 11 is 1.98. The van der Waals surface area contributed by atoms with Crippen molar-refractivity contribution in [1.29, 1.82) is 0 Å². The van der Waals surface area contributed by atoms with E-state index in [-0.39, 0.29) is 5.41 Å². The van der Waals surface area contributed by atoms with Crippen molar-refractivity contribution in [2.45, 2.75) is 32.1 Å². The van der Waals surface area contributed by atoms with Crippen LogP contribution in [-0.4, -0.2) is 0 Å². The molecule has 1 nitrogen and oxygen atoms in total. The van der Waals surface area contributed by atoms with Crippen LogP contribution in [0.5, 0.6) is 0 Å². The number of hydrogen-bond donors (Lipinski definition) is 0. The first-order chi connectivity index (χ1) is 32.0. The van der Waals surface area contributed by atoms with Gasteiger partial charge in [0.1, 0.15) is 0 Å². The maximum atomic E-state index is 2.43. The van der Waals surface area contributed by atoms with Crippen LogP contribution in [0.3, 0.4) is 0 Å². The molecular formula is C63H47NS. The Labute approximate surface area is 386 Å². The monoisotopic (exact) mass is 849 g/mol. The Bertz CT molecular complexity index is 3410. The number of rotatable bonds is 8. The lowest BCUT2D eigenvalue weighted by molar-refractivity contribution is 0.660. The molecule has 9 aromatic carbocycles. The highest BCUT2D eigenvalue weighted by molar-refractivity contribution is 7.20. The largest absolute Gasteiger partial charge is 0.310 e. The number of aryl methyl sites for hydroxylation is 1. The van der Waals surface area contributed by atoms with E-state index >= 15 is 0 Å². The zero-order valence-electron chi connectivity index (χ0n) is 36.6. The number of anilines is 3. The molecule has 0 spiro atoms. The normalized spacial score (nSPS) is 13.3. The predicted octanol–water partition coefficient (Wildman–Crippen LogP) is 18.0. The fourth-order valence-corrected chi connectivity index (χ4v) is 11.8. The van der Waals surface area contributed by atoms with Crippen molar-refractivity contribution in [3.05, 3.63) is 240 Å². The van der Waals surface area contributed by atoms with E-state index in [0.717, 1.165) is 29.9 Å². The van der Waals surface area contributed by atoms with Gasteiger partial charge in [0.05, 0.1) is 0 Å². The Kier molecular flexibility index (Phi) is 9.58. The van der Waals surface area contributed by atoms with Gasteiger partial charge in [-0.25, -0.2) is 0 Å². The summed E-state index contributed by atoms with van der Waals surface area (Å²) in [7, 11) is 0. The van der Waals surface area contributed by atoms with E-state index in [0.29, 0.717) is 0 Å². The van der Waals surface area contributed by atoms with E-state index < -0.39 is 0 Å². The fraction of sp³-hybridized carbons (Fsp3) is 0.0794. The van der Waals surface area contributed by atoms with E-state index in [1.54, 1.807) is 0 Å². The summed E-state index contributed by atoms with van der Waals surface area (Å²) < 4.78 is 1.37. The quantitative estimate of drug-likeness (QED) is 0.147. The smallest absolute Gasteiger partial charge is 0.0465 e. The van der Waals surface area contributed by atoms with Crippen LogP contribution in [0, 0.1) is 0 Å². The third-order valence-electron chi connectivity index (χ3n) is 13.8. The van der Waals surface area contributed by atoms with Gasteiger partial charge in [0.25, 0.3) is 0 Å². The lowest BCUT2D eigenvalue weighted by atomic mass is 9.82. The Morgan fingerprint density at radius 2 is 0.908 bits per heavy atom. The summed E-state index contributed by atoms with van der Waals surface area (Å²) in [5, 5.41) is 1.35. The second kappa shape index (κ2) is 15.9. The summed E-state index contributed by atoms with van der Waals surface area (Å²) in [4.78, 5) is 3.92. The lowest BCUT2D eigenvalue weighted by Gasteiger charge is -2.28. The molecule has 0 N–H and O–H groups in total. The molecule has 12 rings (SSSR count). The zero-order chi connectivity index (χ0) is 43.5. The van der Waals surface area contributed by atoms with Gasteiger partial charge in [0.15, 0.2) is 0 Å². The van der Waals surface area contributed by atoms with Crippen molar-refractivity contribution < 1.29 is 0 Å². The van der Waals surface area contributed by atoms with Crippen LogP contribution in [-0.2, 0) is 11.8 Å². The molecule has 310 valence electrons. The van der Waals surface area contributed by atoms with Crippen molar-refractivity contribution in [1.82, 2.24) is 0 Å². The Morgan fingerprint density at radius 1 is 0.415 bits per heavy atom. The number of thiophene rings is 1. The molecule has 0 amide bonds. The highest BCUT2D eigenvalue weighted by Crippen LogP contribution is 2.51. The summed E-state index contributed by atoms with van der Waals surface area (Å²) in [6, 6.07) is 78.4. The molecule has 0 atom stereocenters.